The molecule has 88 valence electrons. The molecule has 1 amide bonds. The van der Waals surface area contributed by atoms with Gasteiger partial charge in [0.2, 0.25) is 0 Å². The van der Waals surface area contributed by atoms with Crippen LogP contribution in [-0.4, -0.2) is 11.7 Å². The van der Waals surface area contributed by atoms with Gasteiger partial charge in [0.25, 0.3) is 5.91 Å². The normalized spacial score (nSPS) is 10.2. The monoisotopic (exact) mass is 247 g/mol. The number of carbonyl (C=O) groups is 1. The molecule has 1 N–H and O–H groups in total. The molecule has 2 rings (SSSR count). The average Bonchev–Trinajstić information content (AvgIpc) is 2.85. The lowest BCUT2D eigenvalue weighted by atomic mass is 10.3. The van der Waals surface area contributed by atoms with E-state index < -0.39 is 0 Å². The highest BCUT2D eigenvalue weighted by molar-refractivity contribution is 7.99. The van der Waals surface area contributed by atoms with Crippen LogP contribution in [0.25, 0.3) is 0 Å². The van der Waals surface area contributed by atoms with Gasteiger partial charge >= 0.3 is 0 Å². The van der Waals surface area contributed by atoms with Crippen LogP contribution in [-0.2, 0) is 0 Å². The minimum atomic E-state index is -0.223. The molecule has 0 saturated carbocycles. The Morgan fingerprint density at radius 3 is 2.82 bits per heavy atom. The van der Waals surface area contributed by atoms with Crippen molar-refractivity contribution in [1.29, 1.82) is 0 Å². The predicted molar refractivity (Wildman–Crippen MR) is 69.5 cm³/mol. The molecule has 0 aliphatic carbocycles. The van der Waals surface area contributed by atoms with Crippen LogP contribution in [0.5, 0.6) is 0 Å². The third-order valence-electron chi connectivity index (χ3n) is 2.18. The molecule has 1 aromatic carbocycles. The molecule has 4 heteroatoms. The van der Waals surface area contributed by atoms with Gasteiger partial charge in [-0.05, 0) is 30.0 Å². The zero-order valence-corrected chi connectivity index (χ0v) is 10.3. The summed E-state index contributed by atoms with van der Waals surface area (Å²) in [6.07, 6.45) is 1.49. The van der Waals surface area contributed by atoms with Crippen molar-refractivity contribution in [2.45, 2.75) is 11.8 Å². The molecule has 0 saturated heterocycles. The summed E-state index contributed by atoms with van der Waals surface area (Å²) < 4.78 is 5.05. The Bertz CT molecular complexity index is 494. The van der Waals surface area contributed by atoms with E-state index in [2.05, 4.69) is 12.2 Å². The summed E-state index contributed by atoms with van der Waals surface area (Å²) >= 11 is 1.70. The van der Waals surface area contributed by atoms with Gasteiger partial charge < -0.3 is 9.73 Å². The number of furan rings is 1. The number of anilines is 1. The van der Waals surface area contributed by atoms with Crippen molar-refractivity contribution in [2.75, 3.05) is 11.1 Å². The van der Waals surface area contributed by atoms with Gasteiger partial charge in [0.15, 0.2) is 5.76 Å². The number of hydrogen-bond acceptors (Lipinski definition) is 3. The topological polar surface area (TPSA) is 42.2 Å². The number of hydrogen-bond donors (Lipinski definition) is 1. The summed E-state index contributed by atoms with van der Waals surface area (Å²) in [4.78, 5) is 12.9. The summed E-state index contributed by atoms with van der Waals surface area (Å²) in [6, 6.07) is 11.1. The van der Waals surface area contributed by atoms with E-state index in [1.807, 2.05) is 24.3 Å². The Kier molecular flexibility index (Phi) is 3.88. The number of para-hydroxylation sites is 1. The van der Waals surface area contributed by atoms with Crippen molar-refractivity contribution in [3.8, 4) is 0 Å². The molecule has 3 nitrogen and oxygen atoms in total. The maximum Gasteiger partial charge on any atom is 0.291 e. The first kappa shape index (κ1) is 11.8. The van der Waals surface area contributed by atoms with Gasteiger partial charge in [0.05, 0.1) is 12.0 Å². The molecular weight excluding hydrogens is 234 g/mol. The average molecular weight is 247 g/mol. The number of benzene rings is 1. The Hall–Kier alpha value is -1.68. The smallest absolute Gasteiger partial charge is 0.291 e. The summed E-state index contributed by atoms with van der Waals surface area (Å²) in [7, 11) is 0. The van der Waals surface area contributed by atoms with Crippen molar-refractivity contribution in [2.24, 2.45) is 0 Å². The highest BCUT2D eigenvalue weighted by Gasteiger charge is 2.10. The van der Waals surface area contributed by atoms with Gasteiger partial charge in [0, 0.05) is 4.90 Å². The lowest BCUT2D eigenvalue weighted by Crippen LogP contribution is -2.11. The van der Waals surface area contributed by atoms with E-state index in [-0.39, 0.29) is 5.91 Å². The second-order valence-corrected chi connectivity index (χ2v) is 4.67. The largest absolute Gasteiger partial charge is 0.459 e. The molecule has 0 aliphatic heterocycles. The second-order valence-electron chi connectivity index (χ2n) is 3.36. The Morgan fingerprint density at radius 1 is 1.29 bits per heavy atom. The van der Waals surface area contributed by atoms with Crippen LogP contribution in [0.15, 0.2) is 52.0 Å². The molecule has 0 atom stereocenters. The zero-order valence-electron chi connectivity index (χ0n) is 9.47. The molecule has 0 fully saturated rings. The van der Waals surface area contributed by atoms with Gasteiger partial charge in [-0.15, -0.1) is 11.8 Å². The first-order chi connectivity index (χ1) is 8.31. The van der Waals surface area contributed by atoms with E-state index in [1.54, 1.807) is 23.9 Å². The summed E-state index contributed by atoms with van der Waals surface area (Å²) in [5.41, 5.74) is 0.820. The third-order valence-corrected chi connectivity index (χ3v) is 3.14. The molecule has 0 bridgehead atoms. The van der Waals surface area contributed by atoms with Crippen LogP contribution in [0.2, 0.25) is 0 Å². The van der Waals surface area contributed by atoms with Crippen LogP contribution >= 0.6 is 11.8 Å². The van der Waals surface area contributed by atoms with E-state index >= 15 is 0 Å². The molecule has 0 aliphatic rings. The maximum absolute atomic E-state index is 11.8. The number of thioether (sulfide) groups is 1. The Morgan fingerprint density at radius 2 is 2.12 bits per heavy atom. The fourth-order valence-electron chi connectivity index (χ4n) is 1.44. The number of nitrogens with one attached hydrogen (secondary N) is 1. The third kappa shape index (κ3) is 2.91. The van der Waals surface area contributed by atoms with Crippen LogP contribution < -0.4 is 5.32 Å². The van der Waals surface area contributed by atoms with Gasteiger partial charge in [0.1, 0.15) is 0 Å². The van der Waals surface area contributed by atoms with Crippen molar-refractivity contribution < 1.29 is 9.21 Å². The molecule has 0 spiro atoms. The van der Waals surface area contributed by atoms with Crippen LogP contribution in [0, 0.1) is 0 Å². The summed E-state index contributed by atoms with van der Waals surface area (Å²) in [6.45, 7) is 2.08. The van der Waals surface area contributed by atoms with Gasteiger partial charge in [-0.25, -0.2) is 0 Å². The quantitative estimate of drug-likeness (QED) is 0.839. The van der Waals surface area contributed by atoms with E-state index in [0.717, 1.165) is 16.3 Å². The molecule has 1 heterocycles. The zero-order chi connectivity index (χ0) is 12.1. The van der Waals surface area contributed by atoms with E-state index in [9.17, 15) is 4.79 Å². The van der Waals surface area contributed by atoms with Crippen molar-refractivity contribution in [3.63, 3.8) is 0 Å². The fourth-order valence-corrected chi connectivity index (χ4v) is 2.20. The van der Waals surface area contributed by atoms with Gasteiger partial charge in [-0.1, -0.05) is 19.1 Å². The molecule has 2 aromatic rings. The fraction of sp³-hybridized carbons (Fsp3) is 0.154. The summed E-state index contributed by atoms with van der Waals surface area (Å²) in [5, 5.41) is 2.84. The van der Waals surface area contributed by atoms with Crippen molar-refractivity contribution in [1.82, 2.24) is 0 Å². The first-order valence-corrected chi connectivity index (χ1v) is 6.36. The van der Waals surface area contributed by atoms with E-state index in [1.165, 1.54) is 6.26 Å². The molecule has 17 heavy (non-hydrogen) atoms. The number of carbonyl (C=O) groups excluding carboxylic acids is 1. The highest BCUT2D eigenvalue weighted by Crippen LogP contribution is 2.26. The first-order valence-electron chi connectivity index (χ1n) is 5.38. The Balaban J connectivity index is 2.15. The molecule has 1 aromatic heterocycles. The predicted octanol–water partition coefficient (Wildman–Crippen LogP) is 3.64. The molecule has 0 unspecified atom stereocenters. The molecular formula is C13H13NO2S. The summed E-state index contributed by atoms with van der Waals surface area (Å²) in [5.74, 6) is 1.06. The van der Waals surface area contributed by atoms with Gasteiger partial charge in [-0.3, -0.25) is 4.79 Å². The van der Waals surface area contributed by atoms with Gasteiger partial charge in [-0.2, -0.15) is 0 Å². The van der Waals surface area contributed by atoms with E-state index in [4.69, 9.17) is 4.42 Å². The maximum atomic E-state index is 11.8. The van der Waals surface area contributed by atoms with Crippen molar-refractivity contribution >= 4 is 23.4 Å². The van der Waals surface area contributed by atoms with Crippen LogP contribution in [0.3, 0.4) is 0 Å². The highest BCUT2D eigenvalue weighted by atomic mass is 32.2. The Labute approximate surface area is 104 Å². The van der Waals surface area contributed by atoms with E-state index in [0.29, 0.717) is 5.76 Å². The number of amides is 1. The van der Waals surface area contributed by atoms with Crippen LogP contribution in [0.4, 0.5) is 5.69 Å². The van der Waals surface area contributed by atoms with Crippen molar-refractivity contribution in [3.05, 3.63) is 48.4 Å². The minimum absolute atomic E-state index is 0.223. The minimum Gasteiger partial charge on any atom is -0.459 e. The second kappa shape index (κ2) is 5.59. The lowest BCUT2D eigenvalue weighted by Gasteiger charge is -2.08. The standard InChI is InChI=1S/C13H13NO2S/c1-2-17-12-8-4-3-6-10(12)14-13(15)11-7-5-9-16-11/h3-9H,2H2,1H3,(H,14,15). The SMILES string of the molecule is CCSc1ccccc1NC(=O)c1ccco1. The number of rotatable bonds is 4. The van der Waals surface area contributed by atoms with Crippen LogP contribution in [0.1, 0.15) is 17.5 Å². The molecule has 0 radical (unpaired) electrons. The lowest BCUT2D eigenvalue weighted by molar-refractivity contribution is 0.0996.